The monoisotopic (exact) mass is 528 g/mol. The molecule has 34 heavy (non-hydrogen) atoms. The number of nitrogens with one attached hydrogen (secondary N) is 1. The maximum absolute atomic E-state index is 13.2. The number of benzene rings is 2. The van der Waals surface area contributed by atoms with Crippen LogP contribution in [-0.2, 0) is 14.6 Å². The highest BCUT2D eigenvalue weighted by Crippen LogP contribution is 2.37. The van der Waals surface area contributed by atoms with Crippen LogP contribution in [0, 0.1) is 5.41 Å². The number of carbonyl (C=O) groups is 1. The molecule has 0 saturated heterocycles. The van der Waals surface area contributed by atoms with Crippen molar-refractivity contribution in [1.29, 1.82) is 5.41 Å². The quantitative estimate of drug-likeness (QED) is 0.220. The van der Waals surface area contributed by atoms with Gasteiger partial charge in [0.2, 0.25) is 9.84 Å². The molecule has 0 bridgehead atoms. The van der Waals surface area contributed by atoms with Crippen LogP contribution in [0.15, 0.2) is 75.2 Å². The first-order valence-electron chi connectivity index (χ1n) is 9.21. The van der Waals surface area contributed by atoms with Gasteiger partial charge < -0.3 is 10.8 Å². The minimum atomic E-state index is -5.08. The van der Waals surface area contributed by atoms with Crippen LogP contribution in [0.4, 0.5) is 13.2 Å². The molecule has 0 aliphatic rings. The van der Waals surface area contributed by atoms with Gasteiger partial charge in [-0.3, -0.25) is 5.41 Å². The second-order valence-electron chi connectivity index (χ2n) is 6.54. The predicted molar refractivity (Wildman–Crippen MR) is 128 cm³/mol. The van der Waals surface area contributed by atoms with Gasteiger partial charge in [0.25, 0.3) is 0 Å². The number of nitrogens with two attached hydrogens (primary N) is 1. The molecule has 3 rings (SSSR count). The van der Waals surface area contributed by atoms with Crippen molar-refractivity contribution in [3.8, 4) is 11.1 Å². The predicted octanol–water partition coefficient (Wildman–Crippen LogP) is 5.53. The Morgan fingerprint density at radius 2 is 1.74 bits per heavy atom. The van der Waals surface area contributed by atoms with Crippen LogP contribution >= 0.6 is 23.1 Å². The summed E-state index contributed by atoms with van der Waals surface area (Å²) in [4.78, 5) is 9.77. The van der Waals surface area contributed by atoms with Crippen LogP contribution < -0.4 is 5.73 Å². The molecule has 0 fully saturated rings. The highest BCUT2D eigenvalue weighted by molar-refractivity contribution is 8.01. The summed E-state index contributed by atoms with van der Waals surface area (Å²) in [5.74, 6) is -2.89. The molecule has 0 amide bonds. The van der Waals surface area contributed by atoms with Crippen molar-refractivity contribution in [3.63, 3.8) is 0 Å². The minimum Gasteiger partial charge on any atom is -0.475 e. The zero-order chi connectivity index (χ0) is 25.7. The van der Waals surface area contributed by atoms with Crippen molar-refractivity contribution >= 4 is 50.8 Å². The molecule has 0 saturated carbocycles. The summed E-state index contributed by atoms with van der Waals surface area (Å²) < 4.78 is 58.8. The van der Waals surface area contributed by atoms with Crippen molar-refractivity contribution in [2.75, 3.05) is 6.26 Å². The number of halogens is 3. The number of nitrogen functional groups attached to an aromatic ring is 1. The number of carboxylic acids is 1. The number of amidine groups is 1. The molecule has 0 aliphatic carbocycles. The zero-order valence-electron chi connectivity index (χ0n) is 17.6. The maximum Gasteiger partial charge on any atom is 0.490 e. The van der Waals surface area contributed by atoms with Crippen molar-refractivity contribution in [1.82, 2.24) is 0 Å². The van der Waals surface area contributed by atoms with Crippen LogP contribution in [0.1, 0.15) is 10.4 Å². The van der Waals surface area contributed by atoms with Gasteiger partial charge in [-0.1, -0.05) is 49.1 Å². The summed E-state index contributed by atoms with van der Waals surface area (Å²) in [6, 6.07) is 16.1. The fourth-order valence-corrected chi connectivity index (χ4v) is 6.50. The topological polar surface area (TPSA) is 121 Å². The summed E-state index contributed by atoms with van der Waals surface area (Å²) in [5.41, 5.74) is 8.29. The number of alkyl halides is 3. The molecule has 1 heterocycles. The Balaban J connectivity index is 0.000000509. The Labute approximate surface area is 202 Å². The van der Waals surface area contributed by atoms with E-state index >= 15 is 0 Å². The summed E-state index contributed by atoms with van der Waals surface area (Å²) in [5, 5.41) is 14.7. The molecule has 2 aromatic carbocycles. The van der Waals surface area contributed by atoms with Gasteiger partial charge in [0.1, 0.15) is 5.84 Å². The molecule has 6 nitrogen and oxygen atoms in total. The van der Waals surface area contributed by atoms with Crippen LogP contribution in [0.3, 0.4) is 0 Å². The standard InChI is InChI=1S/C20H18N2O2S3.C2HF3O2/c1-3-13-7-9-14(10-8-13)15-5-4-6-16(11-15)27(23,24)18-12-17(19(21)22)26-20(18)25-2;3-2(4,5)1(6)7/h3-12H,1H2,2H3,(H3,21,22);(H,6,7). The lowest BCUT2D eigenvalue weighted by Gasteiger charge is -2.08. The Morgan fingerprint density at radius 3 is 2.21 bits per heavy atom. The SMILES string of the molecule is C=Cc1ccc(-c2cccc(S(=O)(=O)c3cc(C(=N)N)sc3SC)c2)cc1.O=C(O)C(F)(F)F. The van der Waals surface area contributed by atoms with Gasteiger partial charge in [0.15, 0.2) is 0 Å². The lowest BCUT2D eigenvalue weighted by atomic mass is 10.0. The highest BCUT2D eigenvalue weighted by atomic mass is 32.2. The van der Waals surface area contributed by atoms with E-state index in [1.54, 1.807) is 24.3 Å². The largest absolute Gasteiger partial charge is 0.490 e. The molecule has 0 spiro atoms. The molecule has 0 atom stereocenters. The molecular formula is C22H19F3N2O4S3. The summed E-state index contributed by atoms with van der Waals surface area (Å²) >= 11 is 2.56. The van der Waals surface area contributed by atoms with Crippen LogP contribution in [0.2, 0.25) is 0 Å². The lowest BCUT2D eigenvalue weighted by molar-refractivity contribution is -0.192. The van der Waals surface area contributed by atoms with Crippen molar-refractivity contribution in [3.05, 3.63) is 71.6 Å². The molecule has 4 N–H and O–H groups in total. The number of aliphatic carboxylic acids is 1. The maximum atomic E-state index is 13.2. The molecule has 3 aromatic rings. The van der Waals surface area contributed by atoms with Gasteiger partial charge in [-0.05, 0) is 41.1 Å². The lowest BCUT2D eigenvalue weighted by Crippen LogP contribution is -2.21. The number of hydrogen-bond donors (Lipinski definition) is 3. The van der Waals surface area contributed by atoms with Gasteiger partial charge in [0, 0.05) is 0 Å². The minimum absolute atomic E-state index is 0.132. The molecular weight excluding hydrogens is 509 g/mol. The van der Waals surface area contributed by atoms with E-state index in [4.69, 9.17) is 21.0 Å². The molecule has 12 heteroatoms. The van der Waals surface area contributed by atoms with Gasteiger partial charge in [-0.2, -0.15) is 13.2 Å². The number of sulfone groups is 1. The van der Waals surface area contributed by atoms with E-state index < -0.39 is 22.0 Å². The van der Waals surface area contributed by atoms with E-state index in [1.807, 2.05) is 36.6 Å². The van der Waals surface area contributed by atoms with Gasteiger partial charge in [0.05, 0.1) is 18.9 Å². The van der Waals surface area contributed by atoms with Crippen LogP contribution in [-0.4, -0.2) is 37.8 Å². The Kier molecular flexibility index (Phi) is 8.70. The van der Waals surface area contributed by atoms with Gasteiger partial charge in [-0.15, -0.1) is 23.1 Å². The van der Waals surface area contributed by atoms with E-state index in [-0.39, 0.29) is 15.6 Å². The van der Waals surface area contributed by atoms with E-state index in [9.17, 15) is 21.6 Å². The molecule has 0 unspecified atom stereocenters. The number of carboxylic acid groups (broad SMARTS) is 1. The summed E-state index contributed by atoms with van der Waals surface area (Å²) in [7, 11) is -3.72. The fourth-order valence-electron chi connectivity index (χ4n) is 2.60. The highest BCUT2D eigenvalue weighted by Gasteiger charge is 2.38. The van der Waals surface area contributed by atoms with Crippen molar-refractivity contribution < 1.29 is 31.5 Å². The second kappa shape index (κ2) is 10.9. The second-order valence-corrected chi connectivity index (χ2v) is 10.6. The van der Waals surface area contributed by atoms with Crippen LogP contribution in [0.5, 0.6) is 0 Å². The van der Waals surface area contributed by atoms with Gasteiger partial charge in [-0.25, -0.2) is 13.2 Å². The third-order valence-corrected chi connectivity index (χ3v) is 8.61. The summed E-state index contributed by atoms with van der Waals surface area (Å²) in [6.45, 7) is 3.74. The Morgan fingerprint density at radius 1 is 1.15 bits per heavy atom. The zero-order valence-corrected chi connectivity index (χ0v) is 20.0. The van der Waals surface area contributed by atoms with Crippen molar-refractivity contribution in [2.45, 2.75) is 20.2 Å². The number of hydrogen-bond acceptors (Lipinski definition) is 6. The Hall–Kier alpha value is -3.09. The normalized spacial score (nSPS) is 11.3. The van der Waals surface area contributed by atoms with Gasteiger partial charge >= 0.3 is 12.1 Å². The average molecular weight is 529 g/mol. The first-order valence-corrected chi connectivity index (χ1v) is 12.7. The van der Waals surface area contributed by atoms with Crippen LogP contribution in [0.25, 0.3) is 17.2 Å². The number of rotatable bonds is 6. The third-order valence-electron chi connectivity index (χ3n) is 4.27. The number of thioether (sulfide) groups is 1. The molecule has 180 valence electrons. The van der Waals surface area contributed by atoms with E-state index in [0.717, 1.165) is 16.7 Å². The fraction of sp³-hybridized carbons (Fsp3) is 0.0909. The molecule has 1 aromatic heterocycles. The third kappa shape index (κ3) is 6.49. The Bertz CT molecular complexity index is 1320. The first-order chi connectivity index (χ1) is 15.8. The first kappa shape index (κ1) is 27.2. The average Bonchev–Trinajstić information content (AvgIpc) is 3.25. The molecule has 0 aliphatic heterocycles. The summed E-state index contributed by atoms with van der Waals surface area (Å²) in [6.07, 6.45) is -1.51. The smallest absolute Gasteiger partial charge is 0.475 e. The van der Waals surface area contributed by atoms with E-state index in [0.29, 0.717) is 9.09 Å². The van der Waals surface area contributed by atoms with Crippen molar-refractivity contribution in [2.24, 2.45) is 5.73 Å². The molecule has 0 radical (unpaired) electrons. The van der Waals surface area contributed by atoms with E-state index in [1.165, 1.54) is 29.2 Å². The number of thiophene rings is 1. The van der Waals surface area contributed by atoms with E-state index in [2.05, 4.69) is 6.58 Å².